The number of carboxylic acids is 1. The molecule has 14 heteroatoms. The van der Waals surface area contributed by atoms with Gasteiger partial charge in [-0.1, -0.05) is 28.4 Å². The van der Waals surface area contributed by atoms with Crippen LogP contribution in [0.25, 0.3) is 11.3 Å². The number of aromatic nitrogens is 3. The summed E-state index contributed by atoms with van der Waals surface area (Å²) in [6.45, 7) is -0.406. The van der Waals surface area contributed by atoms with Crippen molar-refractivity contribution in [1.82, 2.24) is 15.0 Å². The highest BCUT2D eigenvalue weighted by molar-refractivity contribution is 8.17. The molecule has 37 heavy (non-hydrogen) atoms. The number of aliphatic carboxylic acids is 1. The molecule has 0 radical (unpaired) electrons. The first-order valence-electron chi connectivity index (χ1n) is 10.7. The van der Waals surface area contributed by atoms with Crippen molar-refractivity contribution in [2.75, 3.05) is 12.4 Å². The molecule has 8 nitrogen and oxygen atoms in total. The highest BCUT2D eigenvalue weighted by Crippen LogP contribution is 2.51. The molecule has 3 aromatic rings. The molecule has 0 aliphatic carbocycles. The molecule has 0 spiro atoms. The Morgan fingerprint density at radius 1 is 1.19 bits per heavy atom. The number of ether oxygens (including phenoxy) is 1. The van der Waals surface area contributed by atoms with E-state index in [-0.39, 0.29) is 22.0 Å². The lowest BCUT2D eigenvalue weighted by Crippen LogP contribution is -2.50. The average Bonchev–Trinajstić information content (AvgIpc) is 3.33. The second-order valence-electron chi connectivity index (χ2n) is 8.14. The number of hydrogen-bond donors (Lipinski definition) is 4. The van der Waals surface area contributed by atoms with E-state index in [9.17, 15) is 28.2 Å². The van der Waals surface area contributed by atoms with E-state index in [0.29, 0.717) is 5.02 Å². The number of nitrogens with zero attached hydrogens (tertiary/aromatic N) is 3. The molecule has 1 aliphatic rings. The quantitative estimate of drug-likeness (QED) is 0.145. The number of thiol groups is 1. The van der Waals surface area contributed by atoms with Gasteiger partial charge in [0.05, 0.1) is 41.3 Å². The standard InChI is InChI=1S/C23H20Cl2F3N3O5S/c24-13-2-1-12(7-14(13)25)37-10-18(36-4-3-20(33)34)22(23(35)19(37)9-32)31-8-17(29-30-31)11-5-15(26)21(28)16(27)6-11/h1-8,18-19,22-23,32,35,37H,9-10H2,(H,33,34)/b4-3-/t18-,19+,22+,23-/m0/s1. The zero-order valence-corrected chi connectivity index (χ0v) is 21.1. The van der Waals surface area contributed by atoms with Gasteiger partial charge in [0.1, 0.15) is 17.8 Å². The second-order valence-corrected chi connectivity index (χ2v) is 11.4. The van der Waals surface area contributed by atoms with Crippen molar-refractivity contribution in [2.45, 2.75) is 28.4 Å². The molecule has 0 amide bonds. The minimum atomic E-state index is -1.63. The Balaban J connectivity index is 1.72. The molecule has 1 saturated heterocycles. The van der Waals surface area contributed by atoms with Gasteiger partial charge in [-0.2, -0.15) is 0 Å². The van der Waals surface area contributed by atoms with E-state index in [2.05, 4.69) is 10.3 Å². The topological polar surface area (TPSA) is 118 Å². The van der Waals surface area contributed by atoms with Crippen LogP contribution in [0.15, 0.2) is 53.8 Å². The van der Waals surface area contributed by atoms with Gasteiger partial charge in [-0.25, -0.2) is 33.5 Å². The van der Waals surface area contributed by atoms with Crippen LogP contribution < -0.4 is 0 Å². The van der Waals surface area contributed by atoms with Crippen LogP contribution in [0.3, 0.4) is 0 Å². The van der Waals surface area contributed by atoms with Crippen molar-refractivity contribution in [3.63, 3.8) is 0 Å². The third kappa shape index (κ3) is 5.73. The average molecular weight is 578 g/mol. The normalized spacial score (nSPS) is 24.9. The Kier molecular flexibility index (Phi) is 8.34. The fourth-order valence-corrected chi connectivity index (χ4v) is 7.37. The monoisotopic (exact) mass is 577 g/mol. The second kappa shape index (κ2) is 11.3. The number of hydrogen-bond acceptors (Lipinski definition) is 6. The predicted octanol–water partition coefficient (Wildman–Crippen LogP) is 3.99. The van der Waals surface area contributed by atoms with Crippen molar-refractivity contribution in [3.05, 3.63) is 76.4 Å². The third-order valence-corrected chi connectivity index (χ3v) is 9.59. The highest BCUT2D eigenvalue weighted by atomic mass is 35.5. The number of aliphatic hydroxyl groups is 2. The van der Waals surface area contributed by atoms with Crippen molar-refractivity contribution >= 4 is 40.1 Å². The summed E-state index contributed by atoms with van der Waals surface area (Å²) in [5.74, 6) is -5.45. The Bertz CT molecular complexity index is 1320. The van der Waals surface area contributed by atoms with Gasteiger partial charge in [-0.15, -0.1) is 5.10 Å². The lowest BCUT2D eigenvalue weighted by molar-refractivity contribution is -0.131. The first kappa shape index (κ1) is 27.3. The number of aliphatic hydroxyl groups excluding tert-OH is 2. The predicted molar refractivity (Wildman–Crippen MR) is 131 cm³/mol. The maximum atomic E-state index is 13.7. The number of carbonyl (C=O) groups is 1. The molecule has 1 fully saturated rings. The van der Waals surface area contributed by atoms with Crippen LogP contribution in [0.1, 0.15) is 6.04 Å². The Morgan fingerprint density at radius 3 is 2.51 bits per heavy atom. The molecule has 0 bridgehead atoms. The van der Waals surface area contributed by atoms with Gasteiger partial charge in [0.25, 0.3) is 0 Å². The number of benzene rings is 2. The zero-order chi connectivity index (χ0) is 26.9. The van der Waals surface area contributed by atoms with Crippen molar-refractivity contribution < 1.29 is 38.0 Å². The van der Waals surface area contributed by atoms with E-state index >= 15 is 0 Å². The van der Waals surface area contributed by atoms with Crippen LogP contribution in [-0.2, 0) is 9.53 Å². The van der Waals surface area contributed by atoms with Crippen LogP contribution in [-0.4, -0.2) is 66.1 Å². The maximum Gasteiger partial charge on any atom is 0.331 e. The molecule has 4 rings (SSSR count). The van der Waals surface area contributed by atoms with Crippen LogP contribution in [0.5, 0.6) is 0 Å². The lowest BCUT2D eigenvalue weighted by Gasteiger charge is -2.46. The molecule has 0 saturated carbocycles. The molecule has 1 unspecified atom stereocenters. The Hall–Kier alpha value is -2.77. The summed E-state index contributed by atoms with van der Waals surface area (Å²) in [6.07, 6.45) is 0.916. The minimum absolute atomic E-state index is 0.0114. The molecule has 198 valence electrons. The molecule has 2 aromatic carbocycles. The van der Waals surface area contributed by atoms with E-state index in [1.54, 1.807) is 18.2 Å². The molecule has 1 aliphatic heterocycles. The van der Waals surface area contributed by atoms with E-state index in [1.807, 2.05) is 0 Å². The molecule has 1 aromatic heterocycles. The van der Waals surface area contributed by atoms with E-state index in [0.717, 1.165) is 29.4 Å². The van der Waals surface area contributed by atoms with Gasteiger partial charge in [0.15, 0.2) is 17.5 Å². The summed E-state index contributed by atoms with van der Waals surface area (Å²) >= 11 is 12.2. The Labute approximate surface area is 221 Å². The SMILES string of the molecule is O=C(O)/C=C\O[C@H]1C[SH](c2ccc(Cl)c(Cl)c2)[C@H](CO)[C@H](O)[C@@H]1n1cc(-c2cc(F)c(F)c(F)c2)nn1. The summed E-state index contributed by atoms with van der Waals surface area (Å²) in [4.78, 5) is 11.7. The van der Waals surface area contributed by atoms with Crippen LogP contribution >= 0.6 is 34.1 Å². The minimum Gasteiger partial charge on any atom is -0.495 e. The van der Waals surface area contributed by atoms with Crippen LogP contribution in [0.2, 0.25) is 10.0 Å². The fourth-order valence-electron chi connectivity index (χ4n) is 4.14. The van der Waals surface area contributed by atoms with Gasteiger partial charge < -0.3 is 20.1 Å². The Morgan fingerprint density at radius 2 is 1.89 bits per heavy atom. The molecule has 5 atom stereocenters. The zero-order valence-electron chi connectivity index (χ0n) is 18.7. The first-order valence-corrected chi connectivity index (χ1v) is 13.1. The fraction of sp³-hybridized carbons (Fsp3) is 0.261. The van der Waals surface area contributed by atoms with Gasteiger partial charge in [0, 0.05) is 16.6 Å². The third-order valence-electron chi connectivity index (χ3n) is 5.88. The molecule has 3 N–H and O–H groups in total. The smallest absolute Gasteiger partial charge is 0.331 e. The number of carboxylic acid groups (broad SMARTS) is 1. The van der Waals surface area contributed by atoms with Crippen molar-refractivity contribution in [1.29, 1.82) is 0 Å². The van der Waals surface area contributed by atoms with Gasteiger partial charge in [-0.3, -0.25) is 0 Å². The molecular weight excluding hydrogens is 558 g/mol. The maximum absolute atomic E-state index is 13.7. The van der Waals surface area contributed by atoms with E-state index in [1.165, 1.54) is 10.9 Å². The summed E-state index contributed by atoms with van der Waals surface area (Å²) < 4.78 is 47.8. The summed E-state index contributed by atoms with van der Waals surface area (Å²) in [6, 6.07) is 5.50. The lowest BCUT2D eigenvalue weighted by atomic mass is 10.0. The van der Waals surface area contributed by atoms with Crippen LogP contribution in [0, 0.1) is 17.5 Å². The van der Waals surface area contributed by atoms with Crippen molar-refractivity contribution in [3.8, 4) is 11.3 Å². The molecule has 2 heterocycles. The number of halogens is 5. The van der Waals surface area contributed by atoms with Crippen molar-refractivity contribution in [2.24, 2.45) is 0 Å². The highest BCUT2D eigenvalue weighted by Gasteiger charge is 2.45. The first-order chi connectivity index (χ1) is 17.6. The van der Waals surface area contributed by atoms with E-state index < -0.39 is 64.4 Å². The van der Waals surface area contributed by atoms with Gasteiger partial charge in [-0.05, 0) is 35.2 Å². The molecular formula is C23H20Cl2F3N3O5S. The van der Waals surface area contributed by atoms with E-state index in [4.69, 9.17) is 33.0 Å². The van der Waals surface area contributed by atoms with Gasteiger partial charge >= 0.3 is 5.97 Å². The van der Waals surface area contributed by atoms with Crippen LogP contribution in [0.4, 0.5) is 13.2 Å². The summed E-state index contributed by atoms with van der Waals surface area (Å²) in [5.41, 5.74) is -0.101. The summed E-state index contributed by atoms with van der Waals surface area (Å²) in [7, 11) is -1.29. The summed E-state index contributed by atoms with van der Waals surface area (Å²) in [5, 5.41) is 38.3. The van der Waals surface area contributed by atoms with Gasteiger partial charge in [0.2, 0.25) is 0 Å². The number of rotatable bonds is 7. The largest absolute Gasteiger partial charge is 0.495 e.